The number of halogens is 3. The highest BCUT2D eigenvalue weighted by molar-refractivity contribution is 14.0. The fourth-order valence-electron chi connectivity index (χ4n) is 2.94. The summed E-state index contributed by atoms with van der Waals surface area (Å²) in [6.07, 6.45) is 3.18. The van der Waals surface area contributed by atoms with Gasteiger partial charge in [0.25, 0.3) is 0 Å². The van der Waals surface area contributed by atoms with Crippen molar-refractivity contribution >= 4 is 45.9 Å². The number of piperidine rings is 1. The number of hydrogen-bond donors (Lipinski definition) is 1. The number of hydrogen-bond acceptors (Lipinski definition) is 3. The molecule has 154 valence electrons. The van der Waals surface area contributed by atoms with Crippen LogP contribution in [0.1, 0.15) is 31.7 Å². The Labute approximate surface area is 187 Å². The molecule has 1 N–H and O–H groups in total. The summed E-state index contributed by atoms with van der Waals surface area (Å²) in [5, 5.41) is 3.32. The van der Waals surface area contributed by atoms with Gasteiger partial charge in [-0.1, -0.05) is 15.9 Å². The highest BCUT2D eigenvalue weighted by Crippen LogP contribution is 2.17. The molecule has 0 amide bonds. The Morgan fingerprint density at radius 1 is 1.33 bits per heavy atom. The highest BCUT2D eigenvalue weighted by atomic mass is 127. The number of guanidine groups is 1. The van der Waals surface area contributed by atoms with Gasteiger partial charge in [-0.05, 0) is 44.4 Å². The van der Waals surface area contributed by atoms with Crippen LogP contribution in [0.2, 0.25) is 0 Å². The van der Waals surface area contributed by atoms with Gasteiger partial charge in [0, 0.05) is 50.0 Å². The average molecular weight is 558 g/mol. The molecule has 2 rings (SSSR count). The number of aliphatic imine (C=N–C) groups is 1. The second-order valence-corrected chi connectivity index (χ2v) is 7.23. The maximum Gasteiger partial charge on any atom is 0.194 e. The lowest BCUT2D eigenvalue weighted by molar-refractivity contribution is 0.00990. The minimum atomic E-state index is -0.226. The first-order valence-electron chi connectivity index (χ1n) is 9.21. The molecule has 1 heterocycles. The summed E-state index contributed by atoms with van der Waals surface area (Å²) in [7, 11) is 1.71. The van der Waals surface area contributed by atoms with E-state index in [1.807, 2.05) is 6.92 Å². The number of rotatable bonds is 8. The lowest BCUT2D eigenvalue weighted by atomic mass is 10.1. The Hall–Kier alpha value is -0.450. The summed E-state index contributed by atoms with van der Waals surface area (Å²) in [5.74, 6) is 0.612. The van der Waals surface area contributed by atoms with Crippen molar-refractivity contribution in [2.75, 3.05) is 40.0 Å². The molecule has 5 nitrogen and oxygen atoms in total. The lowest BCUT2D eigenvalue weighted by Gasteiger charge is -2.34. The Kier molecular flexibility index (Phi) is 12.5. The minimum Gasteiger partial charge on any atom is -0.385 e. The summed E-state index contributed by atoms with van der Waals surface area (Å²) in [5.41, 5.74) is 0.589. The zero-order valence-corrected chi connectivity index (χ0v) is 20.0. The maximum atomic E-state index is 13.9. The van der Waals surface area contributed by atoms with E-state index in [-0.39, 0.29) is 29.8 Å². The lowest BCUT2D eigenvalue weighted by Crippen LogP contribution is -2.47. The monoisotopic (exact) mass is 557 g/mol. The molecular weight excluding hydrogens is 528 g/mol. The zero-order chi connectivity index (χ0) is 18.8. The number of benzene rings is 1. The van der Waals surface area contributed by atoms with Crippen LogP contribution in [0, 0.1) is 5.82 Å². The van der Waals surface area contributed by atoms with Gasteiger partial charge in [0.05, 0.1) is 12.6 Å². The van der Waals surface area contributed by atoms with Gasteiger partial charge in [-0.15, -0.1) is 24.0 Å². The second kappa shape index (κ2) is 13.7. The van der Waals surface area contributed by atoms with Crippen LogP contribution in [0.4, 0.5) is 4.39 Å². The van der Waals surface area contributed by atoms with Gasteiger partial charge in [-0.3, -0.25) is 0 Å². The summed E-state index contributed by atoms with van der Waals surface area (Å²) in [4.78, 5) is 6.86. The largest absolute Gasteiger partial charge is 0.385 e. The molecule has 0 bridgehead atoms. The second-order valence-electron chi connectivity index (χ2n) is 6.31. The normalized spacial score (nSPS) is 15.6. The third-order valence-corrected chi connectivity index (χ3v) is 4.82. The van der Waals surface area contributed by atoms with Crippen molar-refractivity contribution in [2.24, 2.45) is 4.99 Å². The molecular formula is C19H30BrFIN3O2. The summed E-state index contributed by atoms with van der Waals surface area (Å²) >= 11 is 3.38. The molecule has 0 atom stereocenters. The summed E-state index contributed by atoms with van der Waals surface area (Å²) < 4.78 is 25.7. The van der Waals surface area contributed by atoms with E-state index in [0.717, 1.165) is 62.5 Å². The first kappa shape index (κ1) is 24.6. The average Bonchev–Trinajstić information content (AvgIpc) is 2.65. The van der Waals surface area contributed by atoms with E-state index >= 15 is 0 Å². The number of nitrogens with one attached hydrogen (secondary N) is 1. The van der Waals surface area contributed by atoms with Gasteiger partial charge in [-0.2, -0.15) is 0 Å². The predicted molar refractivity (Wildman–Crippen MR) is 121 cm³/mol. The van der Waals surface area contributed by atoms with Crippen molar-refractivity contribution in [3.05, 3.63) is 34.1 Å². The standard InChI is InChI=1S/C19H29BrFN3O2.HI/c1-3-22-19(23-14-15-13-16(20)5-6-18(15)21)24-9-7-17(8-10-24)26-12-4-11-25-2;/h5-6,13,17H,3-4,7-12,14H2,1-2H3,(H,22,23);1H. The number of likely N-dealkylation sites (tertiary alicyclic amines) is 1. The van der Waals surface area contributed by atoms with E-state index in [4.69, 9.17) is 9.47 Å². The van der Waals surface area contributed by atoms with Crippen molar-refractivity contribution in [1.29, 1.82) is 0 Å². The molecule has 0 saturated carbocycles. The number of ether oxygens (including phenoxy) is 2. The molecule has 0 aliphatic carbocycles. The van der Waals surface area contributed by atoms with Crippen LogP contribution in [0.15, 0.2) is 27.7 Å². The smallest absolute Gasteiger partial charge is 0.194 e. The molecule has 8 heteroatoms. The molecule has 0 unspecified atom stereocenters. The number of nitrogens with zero attached hydrogens (tertiary/aromatic N) is 2. The first-order valence-corrected chi connectivity index (χ1v) is 10.0. The Morgan fingerprint density at radius 2 is 2.07 bits per heavy atom. The molecule has 1 aromatic carbocycles. The summed E-state index contributed by atoms with van der Waals surface area (Å²) in [6, 6.07) is 4.95. The van der Waals surface area contributed by atoms with Gasteiger partial charge >= 0.3 is 0 Å². The van der Waals surface area contributed by atoms with E-state index in [9.17, 15) is 4.39 Å². The van der Waals surface area contributed by atoms with Crippen molar-refractivity contribution in [3.8, 4) is 0 Å². The molecule has 1 aliphatic rings. The molecule has 1 saturated heterocycles. The molecule has 0 aromatic heterocycles. The van der Waals surface area contributed by atoms with Crippen LogP contribution in [-0.4, -0.2) is 56.9 Å². The van der Waals surface area contributed by atoms with Gasteiger partial charge < -0.3 is 19.7 Å². The molecule has 27 heavy (non-hydrogen) atoms. The van der Waals surface area contributed by atoms with Crippen molar-refractivity contribution in [1.82, 2.24) is 10.2 Å². The van der Waals surface area contributed by atoms with Crippen LogP contribution < -0.4 is 5.32 Å². The highest BCUT2D eigenvalue weighted by Gasteiger charge is 2.21. The van der Waals surface area contributed by atoms with Gasteiger partial charge in [-0.25, -0.2) is 9.38 Å². The van der Waals surface area contributed by atoms with Crippen LogP contribution in [-0.2, 0) is 16.0 Å². The van der Waals surface area contributed by atoms with Crippen molar-refractivity contribution in [2.45, 2.75) is 38.8 Å². The van der Waals surface area contributed by atoms with Crippen molar-refractivity contribution < 1.29 is 13.9 Å². The quantitative estimate of drug-likeness (QED) is 0.225. The molecule has 1 aromatic rings. The topological polar surface area (TPSA) is 46.1 Å². The van der Waals surface area contributed by atoms with Gasteiger partial charge in [0.2, 0.25) is 0 Å². The minimum absolute atomic E-state index is 0. The van der Waals surface area contributed by atoms with E-state index in [0.29, 0.717) is 18.2 Å². The Balaban J connectivity index is 0.00000364. The Morgan fingerprint density at radius 3 is 2.74 bits per heavy atom. The molecule has 1 aliphatic heterocycles. The van der Waals surface area contributed by atoms with Crippen LogP contribution in [0.25, 0.3) is 0 Å². The number of methoxy groups -OCH3 is 1. The van der Waals surface area contributed by atoms with E-state index in [1.165, 1.54) is 6.07 Å². The van der Waals surface area contributed by atoms with E-state index in [2.05, 4.69) is 31.1 Å². The van der Waals surface area contributed by atoms with Gasteiger partial charge in [0.15, 0.2) is 5.96 Å². The third kappa shape index (κ3) is 8.62. The van der Waals surface area contributed by atoms with E-state index < -0.39 is 0 Å². The third-order valence-electron chi connectivity index (χ3n) is 4.33. The molecule has 1 fully saturated rings. The van der Waals surface area contributed by atoms with Crippen LogP contribution in [0.5, 0.6) is 0 Å². The Bertz CT molecular complexity index is 584. The maximum absolute atomic E-state index is 13.9. The SMILES string of the molecule is CCNC(=NCc1cc(Br)ccc1F)N1CCC(OCCCOC)CC1.I. The van der Waals surface area contributed by atoms with Crippen LogP contribution >= 0.6 is 39.9 Å². The van der Waals surface area contributed by atoms with E-state index in [1.54, 1.807) is 19.2 Å². The molecule has 0 spiro atoms. The summed E-state index contributed by atoms with van der Waals surface area (Å²) in [6.45, 7) is 6.41. The fraction of sp³-hybridized carbons (Fsp3) is 0.632. The molecule has 0 radical (unpaired) electrons. The first-order chi connectivity index (χ1) is 12.6. The van der Waals surface area contributed by atoms with Crippen LogP contribution in [0.3, 0.4) is 0 Å². The van der Waals surface area contributed by atoms with Crippen molar-refractivity contribution in [3.63, 3.8) is 0 Å². The predicted octanol–water partition coefficient (Wildman–Crippen LogP) is 4.19. The zero-order valence-electron chi connectivity index (χ0n) is 16.0. The van der Waals surface area contributed by atoms with Gasteiger partial charge in [0.1, 0.15) is 5.82 Å². The fourth-order valence-corrected chi connectivity index (χ4v) is 3.35.